The fourth-order valence-corrected chi connectivity index (χ4v) is 1.43. The van der Waals surface area contributed by atoms with Crippen molar-refractivity contribution in [2.75, 3.05) is 20.2 Å². The van der Waals surface area contributed by atoms with E-state index in [4.69, 9.17) is 15.6 Å². The van der Waals surface area contributed by atoms with Crippen LogP contribution in [0.15, 0.2) is 0 Å². The fourth-order valence-electron chi connectivity index (χ4n) is 1.43. The first kappa shape index (κ1) is 12.9. The molecule has 0 radical (unpaired) electrons. The van der Waals surface area contributed by atoms with E-state index in [9.17, 15) is 9.59 Å². The van der Waals surface area contributed by atoms with E-state index in [1.165, 1.54) is 7.11 Å². The highest BCUT2D eigenvalue weighted by Crippen LogP contribution is 2.45. The zero-order valence-electron chi connectivity index (χ0n) is 9.36. The first-order valence-corrected chi connectivity index (χ1v) is 5.27. The Hall–Kier alpha value is -1.14. The number of carbonyl (C=O) groups is 2. The molecule has 0 bridgehead atoms. The van der Waals surface area contributed by atoms with Gasteiger partial charge < -0.3 is 20.9 Å². The summed E-state index contributed by atoms with van der Waals surface area (Å²) in [7, 11) is 1.49. The van der Waals surface area contributed by atoms with Crippen LogP contribution in [0.5, 0.6) is 0 Å². The molecule has 1 amide bonds. The lowest BCUT2D eigenvalue weighted by Crippen LogP contribution is -2.37. The molecule has 1 aliphatic carbocycles. The van der Waals surface area contributed by atoms with Crippen LogP contribution in [-0.2, 0) is 14.3 Å². The zero-order valence-corrected chi connectivity index (χ0v) is 9.36. The van der Waals surface area contributed by atoms with E-state index in [1.807, 2.05) is 0 Å². The van der Waals surface area contributed by atoms with Gasteiger partial charge in [-0.2, -0.15) is 0 Å². The van der Waals surface area contributed by atoms with Crippen LogP contribution in [0.2, 0.25) is 0 Å². The maximum atomic E-state index is 11.4. The number of hydrogen-bond donors (Lipinski definition) is 3. The molecule has 92 valence electrons. The Morgan fingerprint density at radius 1 is 1.56 bits per heavy atom. The highest BCUT2D eigenvalue weighted by atomic mass is 16.5. The van der Waals surface area contributed by atoms with Gasteiger partial charge in [-0.25, -0.2) is 0 Å². The Morgan fingerprint density at radius 3 is 2.56 bits per heavy atom. The number of hydrogen-bond acceptors (Lipinski definition) is 4. The summed E-state index contributed by atoms with van der Waals surface area (Å²) in [4.78, 5) is 22.3. The van der Waals surface area contributed by atoms with E-state index in [2.05, 4.69) is 5.32 Å². The molecule has 1 rings (SSSR count). The molecule has 4 N–H and O–H groups in total. The molecular weight excluding hydrogens is 212 g/mol. The summed E-state index contributed by atoms with van der Waals surface area (Å²) in [5.41, 5.74) is 4.65. The molecule has 1 saturated carbocycles. The molecule has 0 aliphatic heterocycles. The van der Waals surface area contributed by atoms with Crippen molar-refractivity contribution in [3.8, 4) is 0 Å². The number of carboxylic acid groups (broad SMARTS) is 1. The molecule has 6 heteroatoms. The number of nitrogens with two attached hydrogens (primary N) is 1. The first-order chi connectivity index (χ1) is 7.54. The fraction of sp³-hybridized carbons (Fsp3) is 0.800. The van der Waals surface area contributed by atoms with Gasteiger partial charge >= 0.3 is 5.97 Å². The van der Waals surface area contributed by atoms with Crippen LogP contribution in [0.4, 0.5) is 0 Å². The number of aliphatic carboxylic acids is 1. The minimum atomic E-state index is -0.838. The molecule has 0 aromatic rings. The summed E-state index contributed by atoms with van der Waals surface area (Å²) in [5, 5.41) is 11.5. The Bertz CT molecular complexity index is 272. The molecule has 1 fully saturated rings. The molecule has 6 nitrogen and oxygen atoms in total. The molecule has 1 unspecified atom stereocenters. The summed E-state index contributed by atoms with van der Waals surface area (Å²) in [6.07, 6.45) is 1.13. The highest BCUT2D eigenvalue weighted by Gasteiger charge is 2.50. The van der Waals surface area contributed by atoms with Crippen molar-refractivity contribution in [2.24, 2.45) is 11.1 Å². The van der Waals surface area contributed by atoms with Crippen molar-refractivity contribution in [1.82, 2.24) is 5.32 Å². The van der Waals surface area contributed by atoms with Crippen molar-refractivity contribution in [2.45, 2.75) is 25.4 Å². The normalized spacial score (nSPS) is 18.9. The van der Waals surface area contributed by atoms with Gasteiger partial charge in [-0.15, -0.1) is 0 Å². The monoisotopic (exact) mass is 230 g/mol. The topological polar surface area (TPSA) is 102 Å². The Kier molecular flexibility index (Phi) is 4.26. The lowest BCUT2D eigenvalue weighted by atomic mass is 10.1. The minimum absolute atomic E-state index is 0.169. The molecule has 0 saturated heterocycles. The third-order valence-electron chi connectivity index (χ3n) is 2.94. The van der Waals surface area contributed by atoms with Crippen LogP contribution >= 0.6 is 0 Å². The van der Waals surface area contributed by atoms with Crippen molar-refractivity contribution < 1.29 is 19.4 Å². The average molecular weight is 230 g/mol. The third-order valence-corrected chi connectivity index (χ3v) is 2.94. The maximum absolute atomic E-state index is 11.4. The predicted molar refractivity (Wildman–Crippen MR) is 56.8 cm³/mol. The molecule has 0 heterocycles. The van der Waals surface area contributed by atoms with Gasteiger partial charge in [-0.1, -0.05) is 0 Å². The van der Waals surface area contributed by atoms with Gasteiger partial charge in [0.15, 0.2) is 0 Å². The number of carboxylic acids is 1. The molecule has 1 aliphatic rings. The number of amides is 1. The first-order valence-electron chi connectivity index (χ1n) is 5.27. The second-order valence-corrected chi connectivity index (χ2v) is 4.16. The number of nitrogens with one attached hydrogen (secondary N) is 1. The predicted octanol–water partition coefficient (Wildman–Crippen LogP) is -0.669. The van der Waals surface area contributed by atoms with Crippen LogP contribution in [-0.4, -0.2) is 43.3 Å². The third kappa shape index (κ3) is 3.18. The Morgan fingerprint density at radius 2 is 2.19 bits per heavy atom. The number of rotatable bonds is 7. The van der Waals surface area contributed by atoms with Gasteiger partial charge in [-0.05, 0) is 12.8 Å². The molecule has 0 spiro atoms. The van der Waals surface area contributed by atoms with Crippen molar-refractivity contribution >= 4 is 11.9 Å². The quantitative estimate of drug-likeness (QED) is 0.538. The van der Waals surface area contributed by atoms with Gasteiger partial charge in [0.2, 0.25) is 5.91 Å². The van der Waals surface area contributed by atoms with Crippen LogP contribution in [0, 0.1) is 5.41 Å². The van der Waals surface area contributed by atoms with Gasteiger partial charge in [0.1, 0.15) is 0 Å². The van der Waals surface area contributed by atoms with E-state index in [0.717, 1.165) is 0 Å². The van der Waals surface area contributed by atoms with E-state index in [1.54, 1.807) is 0 Å². The highest BCUT2D eigenvalue weighted by molar-refractivity contribution is 5.81. The minimum Gasteiger partial charge on any atom is -0.481 e. The molecule has 1 atom stereocenters. The lowest BCUT2D eigenvalue weighted by molar-refractivity contribution is -0.143. The zero-order chi connectivity index (χ0) is 12.2. The molecular formula is C10H18N2O4. The smallest absolute Gasteiger partial charge is 0.311 e. The molecule has 16 heavy (non-hydrogen) atoms. The van der Waals surface area contributed by atoms with Crippen LogP contribution in [0.1, 0.15) is 19.3 Å². The Balaban J connectivity index is 2.28. The van der Waals surface area contributed by atoms with Gasteiger partial charge in [0.25, 0.3) is 0 Å². The van der Waals surface area contributed by atoms with Crippen molar-refractivity contribution in [3.05, 3.63) is 0 Å². The summed E-state index contributed by atoms with van der Waals surface area (Å²) in [6, 6.07) is 0. The summed E-state index contributed by atoms with van der Waals surface area (Å²) < 4.78 is 4.96. The summed E-state index contributed by atoms with van der Waals surface area (Å²) in [6.45, 7) is 0.468. The van der Waals surface area contributed by atoms with E-state index >= 15 is 0 Å². The van der Waals surface area contributed by atoms with Gasteiger partial charge in [0, 0.05) is 20.2 Å². The molecule has 0 aromatic heterocycles. The van der Waals surface area contributed by atoms with Crippen LogP contribution < -0.4 is 11.1 Å². The average Bonchev–Trinajstić information content (AvgIpc) is 3.04. The van der Waals surface area contributed by atoms with Crippen molar-refractivity contribution in [3.63, 3.8) is 0 Å². The van der Waals surface area contributed by atoms with Crippen molar-refractivity contribution in [1.29, 1.82) is 0 Å². The second kappa shape index (κ2) is 5.27. The number of carbonyl (C=O) groups excluding carboxylic acids is 1. The Labute approximate surface area is 94.1 Å². The summed E-state index contributed by atoms with van der Waals surface area (Å²) in [5.74, 6) is -1.06. The lowest BCUT2D eigenvalue weighted by Gasteiger charge is -2.14. The van der Waals surface area contributed by atoms with Gasteiger partial charge in [-0.3, -0.25) is 9.59 Å². The largest absolute Gasteiger partial charge is 0.481 e. The SMILES string of the molecule is COC(CN)CC(=O)NCC1(C(=O)O)CC1. The van der Waals surface area contributed by atoms with E-state index < -0.39 is 11.4 Å². The van der Waals surface area contributed by atoms with Crippen LogP contribution in [0.3, 0.4) is 0 Å². The number of ether oxygens (including phenoxy) is 1. The molecule has 0 aromatic carbocycles. The maximum Gasteiger partial charge on any atom is 0.311 e. The van der Waals surface area contributed by atoms with Gasteiger partial charge in [0.05, 0.1) is 17.9 Å². The van der Waals surface area contributed by atoms with Crippen LogP contribution in [0.25, 0.3) is 0 Å². The standard InChI is InChI=1S/C10H18N2O4/c1-16-7(5-11)4-8(13)12-6-10(2-3-10)9(14)15/h7H,2-6,11H2,1H3,(H,12,13)(H,14,15). The second-order valence-electron chi connectivity index (χ2n) is 4.16. The summed E-state index contributed by atoms with van der Waals surface area (Å²) >= 11 is 0. The van der Waals surface area contributed by atoms with E-state index in [0.29, 0.717) is 12.8 Å². The van der Waals surface area contributed by atoms with E-state index in [-0.39, 0.29) is 31.5 Å². The number of methoxy groups -OCH3 is 1.